The van der Waals surface area contributed by atoms with E-state index in [9.17, 15) is 9.59 Å². The molecular weight excluding hydrogens is 302 g/mol. The Kier molecular flexibility index (Phi) is 4.30. The lowest BCUT2D eigenvalue weighted by Crippen LogP contribution is -2.10. The van der Waals surface area contributed by atoms with Crippen molar-refractivity contribution in [1.29, 1.82) is 0 Å². The molecule has 0 saturated heterocycles. The monoisotopic (exact) mass is 321 g/mol. The molecule has 0 radical (unpaired) electrons. The highest BCUT2D eigenvalue weighted by molar-refractivity contribution is 6.14. The summed E-state index contributed by atoms with van der Waals surface area (Å²) in [7, 11) is 1.35. The Bertz CT molecular complexity index is 865. The molecule has 3 rings (SSSR count). The number of rotatable bonds is 2. The molecule has 0 saturated carbocycles. The lowest BCUT2D eigenvalue weighted by Gasteiger charge is -2.08. The molecule has 4 nitrogen and oxygen atoms in total. The van der Waals surface area contributed by atoms with Crippen LogP contribution in [0.1, 0.15) is 39.0 Å². The maximum atomic E-state index is 12.3. The van der Waals surface area contributed by atoms with Gasteiger partial charge in [-0.25, -0.2) is 4.79 Å². The van der Waals surface area contributed by atoms with Crippen molar-refractivity contribution in [3.63, 3.8) is 0 Å². The number of aryl methyl sites for hydroxylation is 2. The van der Waals surface area contributed by atoms with Crippen LogP contribution in [-0.4, -0.2) is 24.6 Å². The number of hydrogen-bond acceptors (Lipinski definition) is 4. The van der Waals surface area contributed by atoms with E-state index in [2.05, 4.69) is 0 Å². The molecule has 4 heteroatoms. The van der Waals surface area contributed by atoms with Gasteiger partial charge in [0, 0.05) is 12.8 Å². The van der Waals surface area contributed by atoms with E-state index >= 15 is 0 Å². The van der Waals surface area contributed by atoms with E-state index in [4.69, 9.17) is 9.73 Å². The third kappa shape index (κ3) is 3.13. The van der Waals surface area contributed by atoms with Gasteiger partial charge in [-0.2, -0.15) is 0 Å². The quantitative estimate of drug-likeness (QED) is 0.792. The van der Waals surface area contributed by atoms with E-state index in [1.165, 1.54) is 7.11 Å². The van der Waals surface area contributed by atoms with E-state index in [1.807, 2.05) is 32.0 Å². The van der Waals surface area contributed by atoms with Gasteiger partial charge in [-0.15, -0.1) is 0 Å². The number of fused-ring (bicyclic) bond motifs is 1. The van der Waals surface area contributed by atoms with Crippen molar-refractivity contribution in [1.82, 2.24) is 0 Å². The first-order chi connectivity index (χ1) is 11.5. The summed E-state index contributed by atoms with van der Waals surface area (Å²) in [5.74, 6) is -0.275. The van der Waals surface area contributed by atoms with Gasteiger partial charge < -0.3 is 4.74 Å². The zero-order chi connectivity index (χ0) is 17.3. The Hall–Kier alpha value is -2.75. The molecule has 0 aromatic heterocycles. The molecule has 0 aliphatic carbocycles. The Morgan fingerprint density at radius 2 is 1.83 bits per heavy atom. The highest BCUT2D eigenvalue weighted by atomic mass is 16.5. The molecule has 0 atom stereocenters. The first-order valence-electron chi connectivity index (χ1n) is 7.86. The Balaban J connectivity index is 2.09. The largest absolute Gasteiger partial charge is 0.465 e. The maximum Gasteiger partial charge on any atom is 0.337 e. The second-order valence-electron chi connectivity index (χ2n) is 6.09. The molecule has 2 aromatic rings. The maximum absolute atomic E-state index is 12.3. The van der Waals surface area contributed by atoms with Gasteiger partial charge in [0.05, 0.1) is 24.1 Å². The zero-order valence-electron chi connectivity index (χ0n) is 14.1. The molecule has 0 amide bonds. The molecular formula is C20H19NO3. The predicted octanol–water partition coefficient (Wildman–Crippen LogP) is 3.73. The van der Waals surface area contributed by atoms with E-state index in [-0.39, 0.29) is 12.2 Å². The summed E-state index contributed by atoms with van der Waals surface area (Å²) in [4.78, 5) is 28.8. The van der Waals surface area contributed by atoms with Crippen molar-refractivity contribution in [2.75, 3.05) is 7.11 Å². The molecule has 1 aliphatic rings. The number of esters is 1. The molecule has 24 heavy (non-hydrogen) atoms. The van der Waals surface area contributed by atoms with Gasteiger partial charge in [0.15, 0.2) is 0 Å². The van der Waals surface area contributed by atoms with Crippen LogP contribution in [0, 0.1) is 13.8 Å². The molecule has 0 unspecified atom stereocenters. The molecule has 0 N–H and O–H groups in total. The number of carbonyl (C=O) groups is 2. The van der Waals surface area contributed by atoms with Crippen LogP contribution in [0.3, 0.4) is 0 Å². The predicted molar refractivity (Wildman–Crippen MR) is 93.2 cm³/mol. The van der Waals surface area contributed by atoms with Gasteiger partial charge in [-0.1, -0.05) is 18.2 Å². The van der Waals surface area contributed by atoms with Crippen LogP contribution in [0.4, 0.5) is 5.69 Å². The second kappa shape index (κ2) is 6.40. The fraction of sp³-hybridized carbons (Fsp3) is 0.250. The van der Waals surface area contributed by atoms with Gasteiger partial charge in [0.2, 0.25) is 0 Å². The topological polar surface area (TPSA) is 55.7 Å². The molecule has 0 spiro atoms. The van der Waals surface area contributed by atoms with Gasteiger partial charge in [0.25, 0.3) is 0 Å². The van der Waals surface area contributed by atoms with Crippen LogP contribution in [0.15, 0.2) is 41.4 Å². The van der Waals surface area contributed by atoms with Crippen LogP contribution in [-0.2, 0) is 16.0 Å². The number of carbonyl (C=O) groups excluding carboxylic acids is 2. The number of nitrogens with zero attached hydrogens (tertiary/aromatic N) is 1. The summed E-state index contributed by atoms with van der Waals surface area (Å²) in [6.45, 7) is 4.07. The lowest BCUT2D eigenvalue weighted by atomic mass is 9.99. The highest BCUT2D eigenvalue weighted by Gasteiger charge is 2.19. The standard InChI is InChI=1S/C20H19NO3/c1-12-7-16-10-17(22)11-19(21-18(16)8-13(12)2)14-5-4-6-15(9-14)20(23)24-3/h4-9H,10-11H2,1-3H3. The number of Topliss-reactive ketones (excluding diaryl/α,β-unsaturated/α-hetero) is 1. The molecule has 1 heterocycles. The Morgan fingerprint density at radius 3 is 2.58 bits per heavy atom. The van der Waals surface area contributed by atoms with Crippen LogP contribution in [0.25, 0.3) is 0 Å². The van der Waals surface area contributed by atoms with Crippen LogP contribution < -0.4 is 0 Å². The minimum atomic E-state index is -0.399. The number of hydrogen-bond donors (Lipinski definition) is 0. The first kappa shape index (κ1) is 16.1. The minimum absolute atomic E-state index is 0.124. The third-order valence-electron chi connectivity index (χ3n) is 4.32. The second-order valence-corrected chi connectivity index (χ2v) is 6.09. The van der Waals surface area contributed by atoms with Crippen LogP contribution in [0.5, 0.6) is 0 Å². The van der Waals surface area contributed by atoms with Crippen LogP contribution in [0.2, 0.25) is 0 Å². The molecule has 0 fully saturated rings. The van der Waals surface area contributed by atoms with Gasteiger partial charge in [-0.3, -0.25) is 9.79 Å². The average molecular weight is 321 g/mol. The summed E-state index contributed by atoms with van der Waals surface area (Å²) in [5.41, 5.74) is 6.02. The van der Waals surface area contributed by atoms with Crippen molar-refractivity contribution in [2.24, 2.45) is 4.99 Å². The summed E-state index contributed by atoms with van der Waals surface area (Å²) < 4.78 is 4.76. The van der Waals surface area contributed by atoms with Crippen molar-refractivity contribution in [3.8, 4) is 0 Å². The third-order valence-corrected chi connectivity index (χ3v) is 4.32. The van der Waals surface area contributed by atoms with Crippen LogP contribution >= 0.6 is 0 Å². The number of ketones is 1. The minimum Gasteiger partial charge on any atom is -0.465 e. The zero-order valence-corrected chi connectivity index (χ0v) is 14.1. The number of methoxy groups -OCH3 is 1. The molecule has 2 aromatic carbocycles. The normalized spacial score (nSPS) is 13.8. The van der Waals surface area contributed by atoms with E-state index in [0.29, 0.717) is 17.7 Å². The first-order valence-corrected chi connectivity index (χ1v) is 7.86. The van der Waals surface area contributed by atoms with E-state index < -0.39 is 5.97 Å². The van der Waals surface area contributed by atoms with Gasteiger partial charge in [0.1, 0.15) is 5.78 Å². The molecule has 122 valence electrons. The van der Waals surface area contributed by atoms with Gasteiger partial charge >= 0.3 is 5.97 Å². The summed E-state index contributed by atoms with van der Waals surface area (Å²) in [6.07, 6.45) is 0.650. The average Bonchev–Trinajstić information content (AvgIpc) is 2.73. The van der Waals surface area contributed by atoms with Crippen molar-refractivity contribution in [3.05, 3.63) is 64.2 Å². The SMILES string of the molecule is COC(=O)c1cccc(C2=Nc3cc(C)c(C)cc3CC(=O)C2)c1. The van der Waals surface area contributed by atoms with Crippen molar-refractivity contribution < 1.29 is 14.3 Å². The summed E-state index contributed by atoms with van der Waals surface area (Å²) in [5, 5.41) is 0. The van der Waals surface area contributed by atoms with Crippen molar-refractivity contribution in [2.45, 2.75) is 26.7 Å². The summed E-state index contributed by atoms with van der Waals surface area (Å²) >= 11 is 0. The smallest absolute Gasteiger partial charge is 0.337 e. The van der Waals surface area contributed by atoms with E-state index in [0.717, 1.165) is 27.9 Å². The van der Waals surface area contributed by atoms with E-state index in [1.54, 1.807) is 18.2 Å². The Morgan fingerprint density at radius 1 is 1.08 bits per heavy atom. The summed E-state index contributed by atoms with van der Waals surface area (Å²) in [6, 6.07) is 11.1. The Labute approximate surface area is 141 Å². The van der Waals surface area contributed by atoms with Crippen molar-refractivity contribution >= 4 is 23.2 Å². The molecule has 1 aliphatic heterocycles. The highest BCUT2D eigenvalue weighted by Crippen LogP contribution is 2.29. The molecule has 0 bridgehead atoms. The fourth-order valence-corrected chi connectivity index (χ4v) is 2.86. The fourth-order valence-electron chi connectivity index (χ4n) is 2.86. The number of aliphatic imine (C=N–C) groups is 1. The lowest BCUT2D eigenvalue weighted by molar-refractivity contribution is -0.117. The number of benzene rings is 2. The van der Waals surface area contributed by atoms with Gasteiger partial charge in [-0.05, 0) is 54.3 Å². The number of ether oxygens (including phenoxy) is 1.